The molecular formula is C45H70O. The Balaban J connectivity index is 1.06. The van der Waals surface area contributed by atoms with Gasteiger partial charge in [-0.2, -0.15) is 0 Å². The normalized spacial score (nSPS) is 23.2. The van der Waals surface area contributed by atoms with Crippen LogP contribution in [0.1, 0.15) is 191 Å². The molecule has 0 amide bonds. The number of hydrogen-bond donors (Lipinski definition) is 0. The Kier molecular flexibility index (Phi) is 17.6. The van der Waals surface area contributed by atoms with E-state index >= 15 is 0 Å². The molecule has 2 saturated carbocycles. The van der Waals surface area contributed by atoms with Crippen molar-refractivity contribution >= 4 is 5.78 Å². The van der Waals surface area contributed by atoms with Crippen molar-refractivity contribution in [2.45, 2.75) is 180 Å². The average Bonchev–Trinajstić information content (AvgIpc) is 3.10. The molecule has 2 unspecified atom stereocenters. The Hall–Kier alpha value is -1.89. The molecule has 0 bridgehead atoms. The molecule has 0 aromatic heterocycles. The summed E-state index contributed by atoms with van der Waals surface area (Å²) in [4.78, 5) is 12.7. The van der Waals surface area contributed by atoms with Crippen LogP contribution < -0.4 is 0 Å². The zero-order chi connectivity index (χ0) is 32.2. The minimum atomic E-state index is 0.511. The number of carbonyl (C=O) groups excluding carboxylic acids is 1. The van der Waals surface area contributed by atoms with E-state index in [0.29, 0.717) is 5.78 Å². The van der Waals surface area contributed by atoms with Gasteiger partial charge in [-0.25, -0.2) is 0 Å². The van der Waals surface area contributed by atoms with Gasteiger partial charge >= 0.3 is 0 Å². The summed E-state index contributed by atoms with van der Waals surface area (Å²) in [6.45, 7) is 4.68. The molecule has 4 rings (SSSR count). The largest absolute Gasteiger partial charge is 0.300 e. The predicted molar refractivity (Wildman–Crippen MR) is 199 cm³/mol. The molecule has 2 aromatic carbocycles. The van der Waals surface area contributed by atoms with Gasteiger partial charge in [0, 0.05) is 12.8 Å². The van der Waals surface area contributed by atoms with Crippen molar-refractivity contribution in [1.82, 2.24) is 0 Å². The first kappa shape index (κ1) is 36.9. The lowest BCUT2D eigenvalue weighted by Crippen LogP contribution is -2.21. The quantitative estimate of drug-likeness (QED) is 0.119. The van der Waals surface area contributed by atoms with E-state index in [2.05, 4.69) is 74.5 Å². The van der Waals surface area contributed by atoms with E-state index < -0.39 is 0 Å². The SMILES string of the molecule is CCCC1CCC(C(CCCCCCC(=O)CCCCCCC(c2ccccc2)C2CCC(CCC)CC2)c2ccccc2)CC1. The van der Waals surface area contributed by atoms with Gasteiger partial charge in [-0.05, 0) is 98.0 Å². The van der Waals surface area contributed by atoms with Crippen molar-refractivity contribution in [2.75, 3.05) is 0 Å². The first-order valence-corrected chi connectivity index (χ1v) is 20.3. The van der Waals surface area contributed by atoms with Gasteiger partial charge in [-0.1, -0.05) is 164 Å². The highest BCUT2D eigenvalue weighted by atomic mass is 16.1. The molecule has 0 radical (unpaired) electrons. The number of hydrogen-bond acceptors (Lipinski definition) is 1. The maximum Gasteiger partial charge on any atom is 0.132 e. The van der Waals surface area contributed by atoms with Crippen LogP contribution in [-0.2, 0) is 4.79 Å². The van der Waals surface area contributed by atoms with Gasteiger partial charge in [-0.15, -0.1) is 0 Å². The van der Waals surface area contributed by atoms with Crippen LogP contribution >= 0.6 is 0 Å². The molecule has 2 atom stereocenters. The molecule has 0 N–H and O–H groups in total. The lowest BCUT2D eigenvalue weighted by atomic mass is 9.71. The predicted octanol–water partition coefficient (Wildman–Crippen LogP) is 14.0. The fourth-order valence-electron chi connectivity index (χ4n) is 9.53. The van der Waals surface area contributed by atoms with E-state index in [9.17, 15) is 4.79 Å². The second-order valence-corrected chi connectivity index (χ2v) is 15.6. The summed E-state index contributed by atoms with van der Waals surface area (Å²) < 4.78 is 0. The van der Waals surface area contributed by atoms with Gasteiger partial charge in [0.05, 0.1) is 0 Å². The molecule has 2 aliphatic carbocycles. The number of unbranched alkanes of at least 4 members (excludes halogenated alkanes) is 6. The molecule has 2 aromatic rings. The Morgan fingerprint density at radius 3 is 1.26 bits per heavy atom. The number of Topliss-reactive ketones (excluding diaryl/α,β-unsaturated/α-hetero) is 1. The Morgan fingerprint density at radius 1 is 0.522 bits per heavy atom. The summed E-state index contributed by atoms with van der Waals surface area (Å²) in [5.74, 6) is 5.67. The average molecular weight is 627 g/mol. The van der Waals surface area contributed by atoms with Crippen LogP contribution in [0.5, 0.6) is 0 Å². The highest BCUT2D eigenvalue weighted by Crippen LogP contribution is 2.43. The lowest BCUT2D eigenvalue weighted by Gasteiger charge is -2.34. The van der Waals surface area contributed by atoms with Crippen LogP contribution in [0.25, 0.3) is 0 Å². The van der Waals surface area contributed by atoms with E-state index in [1.807, 2.05) is 0 Å². The molecule has 256 valence electrons. The molecular weight excluding hydrogens is 556 g/mol. The fraction of sp³-hybridized carbons (Fsp3) is 0.711. The Bertz CT molecular complexity index is 944. The molecule has 2 fully saturated rings. The van der Waals surface area contributed by atoms with Crippen LogP contribution in [0.3, 0.4) is 0 Å². The molecule has 1 nitrogen and oxygen atoms in total. The van der Waals surface area contributed by atoms with E-state index in [1.54, 1.807) is 11.1 Å². The van der Waals surface area contributed by atoms with Crippen molar-refractivity contribution in [3.8, 4) is 0 Å². The van der Waals surface area contributed by atoms with Gasteiger partial charge < -0.3 is 0 Å². The minimum Gasteiger partial charge on any atom is -0.300 e. The molecule has 0 spiro atoms. The maximum absolute atomic E-state index is 12.7. The van der Waals surface area contributed by atoms with Crippen molar-refractivity contribution < 1.29 is 4.79 Å². The minimum absolute atomic E-state index is 0.511. The summed E-state index contributed by atoms with van der Waals surface area (Å²) >= 11 is 0. The molecule has 0 aliphatic heterocycles. The molecule has 0 heterocycles. The summed E-state index contributed by atoms with van der Waals surface area (Å²) in [6.07, 6.45) is 31.1. The van der Waals surface area contributed by atoms with Crippen molar-refractivity contribution in [3.05, 3.63) is 71.8 Å². The summed E-state index contributed by atoms with van der Waals surface area (Å²) in [7, 11) is 0. The lowest BCUT2D eigenvalue weighted by molar-refractivity contribution is -0.119. The van der Waals surface area contributed by atoms with Crippen LogP contribution in [0.15, 0.2) is 60.7 Å². The van der Waals surface area contributed by atoms with E-state index in [0.717, 1.165) is 61.2 Å². The van der Waals surface area contributed by atoms with Crippen molar-refractivity contribution in [2.24, 2.45) is 23.7 Å². The van der Waals surface area contributed by atoms with Gasteiger partial charge in [0.2, 0.25) is 0 Å². The highest BCUT2D eigenvalue weighted by molar-refractivity contribution is 5.78. The van der Waals surface area contributed by atoms with Crippen LogP contribution in [-0.4, -0.2) is 5.78 Å². The maximum atomic E-state index is 12.7. The van der Waals surface area contributed by atoms with E-state index in [4.69, 9.17) is 0 Å². The first-order chi connectivity index (χ1) is 22.7. The third-order valence-electron chi connectivity index (χ3n) is 12.2. The second kappa shape index (κ2) is 21.9. The fourth-order valence-corrected chi connectivity index (χ4v) is 9.53. The van der Waals surface area contributed by atoms with Gasteiger partial charge in [-0.3, -0.25) is 4.79 Å². The summed E-state index contributed by atoms with van der Waals surface area (Å²) in [5, 5.41) is 0. The number of benzene rings is 2. The van der Waals surface area contributed by atoms with Crippen molar-refractivity contribution in [1.29, 1.82) is 0 Å². The monoisotopic (exact) mass is 627 g/mol. The second-order valence-electron chi connectivity index (χ2n) is 15.6. The standard InChI is InChI=1S/C45H70O/c1-3-19-37-29-33-41(34-30-37)44(39-21-11-9-12-22-39)27-17-7-5-15-25-43(46)26-16-6-8-18-28-45(40-23-13-10-14-24-40)42-35-31-38(20-4-2)32-36-42/h9-14,21-24,37-38,41-42,44-45H,3-8,15-20,25-36H2,1-2H3. The molecule has 46 heavy (non-hydrogen) atoms. The van der Waals surface area contributed by atoms with E-state index in [1.165, 1.54) is 128 Å². The van der Waals surface area contributed by atoms with Gasteiger partial charge in [0.1, 0.15) is 5.78 Å². The Labute approximate surface area is 285 Å². The zero-order valence-electron chi connectivity index (χ0n) is 30.1. The number of ketones is 1. The molecule has 0 saturated heterocycles. The smallest absolute Gasteiger partial charge is 0.132 e. The van der Waals surface area contributed by atoms with Crippen molar-refractivity contribution in [3.63, 3.8) is 0 Å². The third kappa shape index (κ3) is 13.0. The number of carbonyl (C=O) groups is 1. The zero-order valence-corrected chi connectivity index (χ0v) is 30.1. The van der Waals surface area contributed by atoms with E-state index in [-0.39, 0.29) is 0 Å². The first-order valence-electron chi connectivity index (χ1n) is 20.3. The van der Waals surface area contributed by atoms with Crippen LogP contribution in [0, 0.1) is 23.7 Å². The van der Waals surface area contributed by atoms with Crippen LogP contribution in [0.2, 0.25) is 0 Å². The third-order valence-corrected chi connectivity index (χ3v) is 12.2. The van der Waals surface area contributed by atoms with Gasteiger partial charge in [0.25, 0.3) is 0 Å². The highest BCUT2D eigenvalue weighted by Gasteiger charge is 2.29. The van der Waals surface area contributed by atoms with Crippen LogP contribution in [0.4, 0.5) is 0 Å². The number of rotatable bonds is 22. The molecule has 1 heteroatoms. The Morgan fingerprint density at radius 2 is 0.891 bits per heavy atom. The summed E-state index contributed by atoms with van der Waals surface area (Å²) in [6, 6.07) is 22.8. The molecule has 2 aliphatic rings. The summed E-state index contributed by atoms with van der Waals surface area (Å²) in [5.41, 5.74) is 3.14. The topological polar surface area (TPSA) is 17.1 Å². The van der Waals surface area contributed by atoms with Gasteiger partial charge in [0.15, 0.2) is 0 Å².